The van der Waals surface area contributed by atoms with Crippen molar-refractivity contribution in [1.82, 2.24) is 0 Å². The van der Waals surface area contributed by atoms with Crippen LogP contribution in [0, 0.1) is 0 Å². The molecule has 0 aliphatic heterocycles. The number of nitrogens with one attached hydrogen (secondary N) is 1. The molecule has 0 aliphatic carbocycles. The summed E-state index contributed by atoms with van der Waals surface area (Å²) in [4.78, 5) is 10.5. The zero-order valence-corrected chi connectivity index (χ0v) is 20.7. The van der Waals surface area contributed by atoms with Crippen LogP contribution in [0.5, 0.6) is 0 Å². The van der Waals surface area contributed by atoms with Gasteiger partial charge in [-0.3, -0.25) is 0 Å². The van der Waals surface area contributed by atoms with Crippen LogP contribution in [0.15, 0.2) is 30.3 Å². The first-order valence-corrected chi connectivity index (χ1v) is 15.8. The lowest BCUT2D eigenvalue weighted by Gasteiger charge is -2.14. The zero-order chi connectivity index (χ0) is 22.1. The molecule has 0 spiro atoms. The van der Waals surface area contributed by atoms with Gasteiger partial charge in [0.05, 0.1) is 0 Å². The third-order valence-electron chi connectivity index (χ3n) is 5.51. The van der Waals surface area contributed by atoms with Crippen LogP contribution in [0.2, 0.25) is 25.7 Å². The van der Waals surface area contributed by atoms with E-state index in [-0.39, 0.29) is 0 Å². The zero-order valence-electron chi connectivity index (χ0n) is 19.7. The van der Waals surface area contributed by atoms with Crippen molar-refractivity contribution in [3.05, 3.63) is 35.9 Å². The molecule has 0 fully saturated rings. The molecule has 0 heterocycles. The Kier molecular flexibility index (Phi) is 14.3. The minimum Gasteiger partial charge on any atom is -0.478 e. The average Bonchev–Trinajstić information content (AvgIpc) is 2.69. The Hall–Kier alpha value is -1.55. The Morgan fingerprint density at radius 1 is 0.800 bits per heavy atom. The van der Waals surface area contributed by atoms with E-state index in [0.717, 1.165) is 17.8 Å². The molecule has 0 aliphatic rings. The lowest BCUT2D eigenvalue weighted by molar-refractivity contribution is -0.131. The van der Waals surface area contributed by atoms with E-state index in [1.807, 2.05) is 24.3 Å². The number of carbonyl (C=O) groups is 1. The molecule has 1 rings (SSSR count). The van der Waals surface area contributed by atoms with Crippen LogP contribution in [-0.2, 0) is 4.79 Å². The summed E-state index contributed by atoms with van der Waals surface area (Å²) in [5.74, 6) is -0.916. The molecule has 0 radical (unpaired) electrons. The average molecular weight is 432 g/mol. The van der Waals surface area contributed by atoms with Crippen LogP contribution < -0.4 is 5.32 Å². The number of carboxylic acid groups (broad SMARTS) is 1. The predicted octanol–water partition coefficient (Wildman–Crippen LogP) is 8.22. The summed E-state index contributed by atoms with van der Waals surface area (Å²) < 4.78 is 0. The van der Waals surface area contributed by atoms with Gasteiger partial charge in [0.15, 0.2) is 0 Å². The standard InChI is InChI=1S/C26H45NO2Si/c1-30(2,3)23-15-13-11-9-7-5-4-6-8-10-12-14-22-27-25-19-16-24(17-20-25)18-21-26(28)29/h16-21,27H,4-15,22-23H2,1-3H3,(H,28,29)/b21-18+. The van der Waals surface area contributed by atoms with E-state index in [2.05, 4.69) is 25.0 Å². The fourth-order valence-electron chi connectivity index (χ4n) is 3.66. The lowest BCUT2D eigenvalue weighted by Crippen LogP contribution is -2.18. The van der Waals surface area contributed by atoms with Crippen molar-refractivity contribution in [3.63, 3.8) is 0 Å². The monoisotopic (exact) mass is 431 g/mol. The van der Waals surface area contributed by atoms with Gasteiger partial charge in [0, 0.05) is 26.4 Å². The Morgan fingerprint density at radius 3 is 1.73 bits per heavy atom. The molecule has 0 saturated heterocycles. The molecular formula is C26H45NO2Si. The van der Waals surface area contributed by atoms with Crippen molar-refractivity contribution in [3.8, 4) is 0 Å². The van der Waals surface area contributed by atoms with Crippen LogP contribution >= 0.6 is 0 Å². The van der Waals surface area contributed by atoms with Crippen molar-refractivity contribution in [1.29, 1.82) is 0 Å². The summed E-state index contributed by atoms with van der Waals surface area (Å²) in [5, 5.41) is 12.1. The van der Waals surface area contributed by atoms with Crippen LogP contribution in [0.4, 0.5) is 5.69 Å². The molecule has 1 aromatic carbocycles. The maximum absolute atomic E-state index is 10.5. The molecule has 3 nitrogen and oxygen atoms in total. The van der Waals surface area contributed by atoms with E-state index in [9.17, 15) is 4.79 Å². The molecule has 2 N–H and O–H groups in total. The fourth-order valence-corrected chi connectivity index (χ4v) is 4.97. The summed E-state index contributed by atoms with van der Waals surface area (Å²) in [7, 11) is -0.808. The quantitative estimate of drug-likeness (QED) is 0.140. The molecule has 0 aromatic heterocycles. The molecule has 0 amide bonds. The van der Waals surface area contributed by atoms with Crippen LogP contribution in [-0.4, -0.2) is 25.7 Å². The van der Waals surface area contributed by atoms with Gasteiger partial charge in [0.2, 0.25) is 0 Å². The maximum atomic E-state index is 10.5. The van der Waals surface area contributed by atoms with E-state index in [1.54, 1.807) is 6.08 Å². The highest BCUT2D eigenvalue weighted by Gasteiger charge is 2.11. The molecule has 30 heavy (non-hydrogen) atoms. The predicted molar refractivity (Wildman–Crippen MR) is 135 cm³/mol. The Morgan fingerprint density at radius 2 is 1.27 bits per heavy atom. The summed E-state index contributed by atoms with van der Waals surface area (Å²) in [6, 6.07) is 9.40. The number of carboxylic acids is 1. The van der Waals surface area contributed by atoms with Crippen LogP contribution in [0.1, 0.15) is 82.6 Å². The lowest BCUT2D eigenvalue weighted by atomic mass is 10.1. The molecule has 0 saturated carbocycles. The molecule has 4 heteroatoms. The Bertz CT molecular complexity index is 590. The number of aliphatic carboxylic acids is 1. The van der Waals surface area contributed by atoms with Crippen molar-refractivity contribution in [2.24, 2.45) is 0 Å². The smallest absolute Gasteiger partial charge is 0.328 e. The number of unbranched alkanes of at least 4 members (excludes halogenated alkanes) is 11. The molecule has 0 bridgehead atoms. The van der Waals surface area contributed by atoms with Gasteiger partial charge >= 0.3 is 5.97 Å². The highest BCUT2D eigenvalue weighted by Crippen LogP contribution is 2.17. The fraction of sp³-hybridized carbons (Fsp3) is 0.654. The van der Waals surface area contributed by atoms with Gasteiger partial charge in [-0.1, -0.05) is 108 Å². The SMILES string of the molecule is C[Si](C)(C)CCCCCCCCCCCCCCNc1ccc(/C=C/C(=O)O)cc1. The number of anilines is 1. The minimum absolute atomic E-state index is 0.808. The summed E-state index contributed by atoms with van der Waals surface area (Å²) >= 11 is 0. The van der Waals surface area contributed by atoms with Gasteiger partial charge in [-0.15, -0.1) is 0 Å². The molecule has 170 valence electrons. The van der Waals surface area contributed by atoms with Gasteiger partial charge in [-0.2, -0.15) is 0 Å². The largest absolute Gasteiger partial charge is 0.478 e. The van der Waals surface area contributed by atoms with Crippen molar-refractivity contribution in [2.45, 2.75) is 103 Å². The molecule has 1 aromatic rings. The van der Waals surface area contributed by atoms with E-state index in [4.69, 9.17) is 5.11 Å². The Labute approximate surface area is 186 Å². The number of benzene rings is 1. The number of hydrogen-bond acceptors (Lipinski definition) is 2. The van der Waals surface area contributed by atoms with E-state index in [1.165, 1.54) is 89.2 Å². The topological polar surface area (TPSA) is 49.3 Å². The number of rotatable bonds is 18. The van der Waals surface area contributed by atoms with Gasteiger partial charge in [-0.05, 0) is 30.2 Å². The molecule has 0 unspecified atom stereocenters. The second kappa shape index (κ2) is 16.2. The Balaban J connectivity index is 1.87. The number of hydrogen-bond donors (Lipinski definition) is 2. The third kappa shape index (κ3) is 16.3. The second-order valence-corrected chi connectivity index (χ2v) is 15.4. The van der Waals surface area contributed by atoms with E-state index < -0.39 is 14.0 Å². The minimum atomic E-state index is -0.916. The van der Waals surface area contributed by atoms with Gasteiger partial charge in [-0.25, -0.2) is 4.79 Å². The summed E-state index contributed by atoms with van der Waals surface area (Å²) in [5.41, 5.74) is 2.01. The van der Waals surface area contributed by atoms with E-state index >= 15 is 0 Å². The second-order valence-electron chi connectivity index (χ2n) is 9.77. The van der Waals surface area contributed by atoms with Gasteiger partial charge in [0.1, 0.15) is 0 Å². The van der Waals surface area contributed by atoms with E-state index in [0.29, 0.717) is 0 Å². The first kappa shape index (κ1) is 26.5. The summed E-state index contributed by atoms with van der Waals surface area (Å²) in [6.07, 6.45) is 19.5. The molecule has 0 atom stereocenters. The van der Waals surface area contributed by atoms with Crippen LogP contribution in [0.25, 0.3) is 6.08 Å². The first-order chi connectivity index (χ1) is 14.4. The highest BCUT2D eigenvalue weighted by atomic mass is 28.3. The van der Waals surface area contributed by atoms with Crippen molar-refractivity contribution < 1.29 is 9.90 Å². The molecular weight excluding hydrogens is 386 g/mol. The van der Waals surface area contributed by atoms with Gasteiger partial charge in [0.25, 0.3) is 0 Å². The van der Waals surface area contributed by atoms with Gasteiger partial charge < -0.3 is 10.4 Å². The first-order valence-electron chi connectivity index (χ1n) is 12.1. The maximum Gasteiger partial charge on any atom is 0.328 e. The summed E-state index contributed by atoms with van der Waals surface area (Å²) in [6.45, 7) is 8.44. The third-order valence-corrected chi connectivity index (χ3v) is 7.37. The highest BCUT2D eigenvalue weighted by molar-refractivity contribution is 6.76. The van der Waals surface area contributed by atoms with Crippen molar-refractivity contribution >= 4 is 25.8 Å². The normalized spacial score (nSPS) is 11.8. The van der Waals surface area contributed by atoms with Crippen molar-refractivity contribution in [2.75, 3.05) is 11.9 Å². The van der Waals surface area contributed by atoms with Crippen LogP contribution in [0.3, 0.4) is 0 Å².